The van der Waals surface area contributed by atoms with Crippen molar-refractivity contribution in [3.63, 3.8) is 0 Å². The fourth-order valence-corrected chi connectivity index (χ4v) is 19.2. The number of hydrogen-bond donors (Lipinski definition) is 9. The number of ether oxygens (including phenoxy) is 20. The van der Waals surface area contributed by atoms with Gasteiger partial charge in [-0.15, -0.1) is 0 Å². The normalized spacial score (nSPS) is 26.5. The Morgan fingerprint density at radius 3 is 0.857 bits per heavy atom. The Labute approximate surface area is 938 Å². The lowest BCUT2D eigenvalue weighted by molar-refractivity contribution is -0.190. The van der Waals surface area contributed by atoms with Gasteiger partial charge in [-0.1, -0.05) is 263 Å². The van der Waals surface area contributed by atoms with Crippen LogP contribution in [0, 0.1) is 0 Å². The molecule has 0 radical (unpaired) electrons. The van der Waals surface area contributed by atoms with Crippen molar-refractivity contribution in [3.8, 4) is 0 Å². The molecule has 0 amide bonds. The van der Waals surface area contributed by atoms with E-state index in [1.807, 2.05) is 18.2 Å². The van der Waals surface area contributed by atoms with Gasteiger partial charge in [0.1, 0.15) is 103 Å². The van der Waals surface area contributed by atoms with Crippen molar-refractivity contribution in [1.82, 2.24) is 0 Å². The molecule has 0 spiro atoms. The van der Waals surface area contributed by atoms with E-state index in [9.17, 15) is 15.0 Å². The van der Waals surface area contributed by atoms with Gasteiger partial charge in [0, 0.05) is 126 Å². The van der Waals surface area contributed by atoms with Gasteiger partial charge in [-0.2, -0.15) is 0 Å². The van der Waals surface area contributed by atoms with Crippen LogP contribution in [0.1, 0.15) is 57.0 Å². The second-order valence-electron chi connectivity index (χ2n) is 33.3. The first-order valence-electron chi connectivity index (χ1n) is 44.6. The Morgan fingerprint density at radius 1 is 0.279 bits per heavy atom. The number of rotatable bonds is 38. The first-order valence-corrected chi connectivity index (χ1v) is 51.4. The monoisotopic (exact) mass is 2400 g/mol. The average Bonchev–Trinajstić information content (AvgIpc) is 1.63. The Balaban J connectivity index is 0.000000188. The summed E-state index contributed by atoms with van der Waals surface area (Å²) in [6, 6.07) is 46.5. The maximum atomic E-state index is 12.5. The van der Waals surface area contributed by atoms with Crippen molar-refractivity contribution < 1.29 is 145 Å². The molecule has 6 heterocycles. The van der Waals surface area contributed by atoms with E-state index >= 15 is 0 Å². The number of ketones is 1. The number of hydrogen-bond acceptors (Lipinski definition) is 30. The number of carbonyl (C=O) groups is 1. The van der Waals surface area contributed by atoms with E-state index in [1.165, 1.54) is 28.4 Å². The maximum absolute atomic E-state index is 12.5. The smallest absolute Gasteiger partial charge is 0.220 e. The largest absolute Gasteiger partial charge is 0.394 e. The SMILES string of the molecule is CO[C@H]1O[C@H](CO)[C@@H](O)[C@H]1O.CO[C@H]1O[C@H](COCc2ccc(Cl)cc2Cl)[C@@H](OCc2ccc(Cl)cc2Cl)C1=O.CO[C@H]1O[C@H](COCc2ccc(Cl)cc2Cl)[C@@H](OCc2ccc(Cl)cc2Cl)[C@H]1O.CO[C@H]1O[C@H](COCc2ccc(Cl)cc2Cl)[C@@H](OCc2ccc(Cl)cc2Cl)[C@H]1OCc1ccc(Cl)cc1Cl.CO[C@H]1O[C@H](COCc2ccc(Cl)cc2Cl)[C@@H](OCc2ccc(Cl)cc2Cl)[C@]1(C)O.OC[C@H]1O[C@H](O)[C@H](O)[C@@H]1O. The second-order valence-corrected chi connectivity index (χ2v) is 40.9. The topological polar surface area (TPSA) is 384 Å². The van der Waals surface area contributed by atoms with Crippen LogP contribution in [0.2, 0.25) is 90.4 Å². The van der Waals surface area contributed by atoms with Crippen molar-refractivity contribution >= 4 is 215 Å². The van der Waals surface area contributed by atoms with Crippen molar-refractivity contribution in [2.24, 2.45) is 0 Å². The third-order valence-electron chi connectivity index (χ3n) is 23.0. The molecule has 147 heavy (non-hydrogen) atoms. The molecule has 0 unspecified atom stereocenters. The highest BCUT2D eigenvalue weighted by atomic mass is 35.5. The minimum Gasteiger partial charge on any atom is -0.394 e. The molecule has 6 saturated heterocycles. The Morgan fingerprint density at radius 2 is 0.558 bits per heavy atom. The average molecular weight is 2410 g/mol. The summed E-state index contributed by atoms with van der Waals surface area (Å²) < 4.78 is 112. The Hall–Kier alpha value is -3.29. The van der Waals surface area contributed by atoms with E-state index in [-0.39, 0.29) is 98.3 Å². The van der Waals surface area contributed by atoms with Gasteiger partial charge in [-0.05, 0) is 166 Å². The molecule has 6 fully saturated rings. The summed E-state index contributed by atoms with van der Waals surface area (Å²) in [5.74, 6) is -0.310. The van der Waals surface area contributed by atoms with E-state index in [2.05, 4.69) is 9.47 Å². The lowest BCUT2D eigenvalue weighted by Gasteiger charge is -2.29. The molecule has 0 aliphatic carbocycles. The van der Waals surface area contributed by atoms with Gasteiger partial charge in [0.15, 0.2) is 31.5 Å². The molecule has 9 aromatic carbocycles. The van der Waals surface area contributed by atoms with Crippen LogP contribution < -0.4 is 0 Å². The molecule has 6 aliphatic rings. The molecule has 9 aromatic rings. The van der Waals surface area contributed by atoms with Crippen LogP contribution in [0.5, 0.6) is 0 Å². The number of Topliss-reactive ketones (excluding diaryl/α,β-unsaturated/α-hetero) is 1. The highest BCUT2D eigenvalue weighted by Crippen LogP contribution is 2.40. The first-order chi connectivity index (χ1) is 70.1. The summed E-state index contributed by atoms with van der Waals surface area (Å²) in [6.07, 6.45) is -18.5. The van der Waals surface area contributed by atoms with Crippen LogP contribution in [0.3, 0.4) is 0 Å². The summed E-state index contributed by atoms with van der Waals surface area (Å²) in [7, 11) is 7.22. The van der Waals surface area contributed by atoms with Gasteiger partial charge in [0.2, 0.25) is 12.1 Å². The lowest BCUT2D eigenvalue weighted by Crippen LogP contribution is -2.48. The highest BCUT2D eigenvalue weighted by molar-refractivity contribution is 6.39. The second kappa shape index (κ2) is 62.2. The van der Waals surface area contributed by atoms with Gasteiger partial charge >= 0.3 is 0 Å². The van der Waals surface area contributed by atoms with Crippen LogP contribution in [-0.4, -0.2) is 268 Å². The molecule has 0 bridgehead atoms. The van der Waals surface area contributed by atoms with Crippen molar-refractivity contribution in [2.45, 2.75) is 207 Å². The van der Waals surface area contributed by atoms with Gasteiger partial charge in [-0.25, -0.2) is 0 Å². The fraction of sp³-hybridized carbons (Fsp3) is 0.444. The summed E-state index contributed by atoms with van der Waals surface area (Å²) in [5.41, 5.74) is 5.50. The quantitative estimate of drug-likeness (QED) is 0.0173. The third kappa shape index (κ3) is 36.9. The summed E-state index contributed by atoms with van der Waals surface area (Å²) in [6.45, 7) is 3.38. The van der Waals surface area contributed by atoms with Crippen molar-refractivity contribution in [1.29, 1.82) is 0 Å². The van der Waals surface area contributed by atoms with Crippen molar-refractivity contribution in [2.75, 3.05) is 75.2 Å². The van der Waals surface area contributed by atoms with Crippen LogP contribution >= 0.6 is 209 Å². The zero-order valence-electron chi connectivity index (χ0n) is 78.8. The van der Waals surface area contributed by atoms with Crippen molar-refractivity contribution in [3.05, 3.63) is 304 Å². The summed E-state index contributed by atoms with van der Waals surface area (Å²) in [5, 5.41) is 92.6. The minimum absolute atomic E-state index is 0.115. The predicted molar refractivity (Wildman–Crippen MR) is 559 cm³/mol. The fourth-order valence-electron chi connectivity index (χ4n) is 15.1. The number of aliphatic hydroxyl groups is 9. The van der Waals surface area contributed by atoms with Crippen LogP contribution in [0.15, 0.2) is 164 Å². The molecule has 15 rings (SSSR count). The maximum Gasteiger partial charge on any atom is 0.220 e. The Bertz CT molecular complexity index is 5630. The van der Waals surface area contributed by atoms with Crippen LogP contribution in [0.25, 0.3) is 0 Å². The molecule has 48 heteroatoms. The van der Waals surface area contributed by atoms with E-state index in [4.69, 9.17) is 330 Å². The molecule has 23 atom stereocenters. The van der Waals surface area contributed by atoms with Crippen LogP contribution in [0.4, 0.5) is 0 Å². The number of aliphatic hydroxyl groups excluding tert-OH is 8. The molecule has 0 saturated carbocycles. The van der Waals surface area contributed by atoms with Gasteiger partial charge in [0.25, 0.3) is 0 Å². The number of halogens is 18. The standard InChI is InChI=1S/C27H24Cl6O5.C21H22Cl4O5.C20H20Cl4O5.C20H18Cl4O5.C6H12O5.C5H10O5/c1-34-27-26(37-13-17-4-7-20(30)10-23(17)33)25(36-12-16-3-6-19(29)9-22(16)32)24(38-27)14-35-11-15-2-5-18(28)8-21(15)31;1-21(26)19(29-10-13-4-6-15(23)8-17(13)25)18(30-20(21)27-2)11-28-9-12-3-5-14(22)7-16(12)24;2*1-26-20-18(25)19(28-9-12-3-5-14(22)7-16(12)24)17(29-20)10-27-8-11-2-4-13(21)6-15(11)23;1-10-6-5(9)4(8)3(2-7)11-6;6-1-2-3(7)4(8)5(9)10-2/h2-10,24-27H,11-14H2,1H3;3-8,18-20,26H,9-11H2,1-2H3;2-7,17-20,25H,8-10H2,1H3;2-7,17,19-20H,8-10H2,1H3;3-9H,2H2,1H3;2-9H,1H2/t24-,25-,26-,27+;18-,19-,20+,21+;17-,18-,19-,20+;17-,19-,20+;3-,4-,5-,6+;2-,3-,4-,5+/m111111/s1. The van der Waals surface area contributed by atoms with E-state index in [0.717, 1.165) is 44.5 Å². The van der Waals surface area contributed by atoms with E-state index in [0.29, 0.717) is 96.0 Å². The molecular formula is C99H106Cl18O30. The third-order valence-corrected chi connectivity index (χ3v) is 28.2. The zero-order valence-corrected chi connectivity index (χ0v) is 92.4. The lowest BCUT2D eigenvalue weighted by atomic mass is 9.97. The number of carbonyl (C=O) groups excluding carboxylic acids is 1. The molecule has 30 nitrogen and oxygen atoms in total. The molecule has 6 aliphatic heterocycles. The number of benzene rings is 9. The predicted octanol–water partition coefficient (Wildman–Crippen LogP) is 20.2. The first kappa shape index (κ1) is 126. The molecular weight excluding hydrogens is 2310 g/mol. The Kier molecular flexibility index (Phi) is 53.1. The molecule has 9 N–H and O–H groups in total. The summed E-state index contributed by atoms with van der Waals surface area (Å²) in [4.78, 5) is 12.5. The van der Waals surface area contributed by atoms with E-state index < -0.39 is 148 Å². The summed E-state index contributed by atoms with van der Waals surface area (Å²) >= 11 is 110. The van der Waals surface area contributed by atoms with E-state index in [1.54, 1.807) is 160 Å². The minimum atomic E-state index is -1.39. The highest BCUT2D eigenvalue weighted by Gasteiger charge is 2.55. The number of methoxy groups -OCH3 is 5. The van der Waals surface area contributed by atoms with Gasteiger partial charge in [0.05, 0.1) is 99.1 Å². The zero-order chi connectivity index (χ0) is 107. The molecule has 808 valence electrons. The van der Waals surface area contributed by atoms with Gasteiger partial charge in [-0.3, -0.25) is 4.79 Å². The van der Waals surface area contributed by atoms with Gasteiger partial charge < -0.3 is 141 Å². The van der Waals surface area contributed by atoms with Crippen LogP contribution in [-0.2, 0) is 159 Å². The molecule has 0 aromatic heterocycles.